The smallest absolute Gasteiger partial charge is 0.780 e. The van der Waals surface area contributed by atoms with Gasteiger partial charge < -0.3 is 56.6 Å². The summed E-state index contributed by atoms with van der Waals surface area (Å²) in [5, 5.41) is 0. The first-order valence-electron chi connectivity index (χ1n) is 14.8. The Kier molecular flexibility index (Phi) is 19.9. The van der Waals surface area contributed by atoms with E-state index in [2.05, 4.69) is 13.6 Å². The molecule has 6 aromatic rings. The molecule has 0 aliphatic heterocycles. The summed E-state index contributed by atoms with van der Waals surface area (Å²) in [6.07, 6.45) is 0. The summed E-state index contributed by atoms with van der Waals surface area (Å²) in [6.45, 7) is 0. The van der Waals surface area contributed by atoms with E-state index in [1.54, 1.807) is 54.6 Å². The van der Waals surface area contributed by atoms with Gasteiger partial charge >= 0.3 is 81.7 Å². The Bertz CT molecular complexity index is 1900. The van der Waals surface area contributed by atoms with Crippen molar-refractivity contribution in [3.63, 3.8) is 0 Å². The molecule has 0 aliphatic rings. The minimum atomic E-state index is -5.03. The first kappa shape index (κ1) is 47.0. The van der Waals surface area contributed by atoms with Crippen LogP contribution >= 0.6 is 23.5 Å². The summed E-state index contributed by atoms with van der Waals surface area (Å²) in [7, 11) is -15.1. The molecule has 2 radical (unpaired) electrons. The van der Waals surface area contributed by atoms with Gasteiger partial charge in [-0.2, -0.15) is 0 Å². The van der Waals surface area contributed by atoms with Gasteiger partial charge in [0.05, 0.1) is 0 Å². The molecule has 0 atom stereocenters. The second-order valence-electron chi connectivity index (χ2n) is 10.2. The zero-order chi connectivity index (χ0) is 36.9. The van der Waals surface area contributed by atoms with E-state index in [4.69, 9.17) is 0 Å². The average molecular weight is 1030 g/mol. The van der Waals surface area contributed by atoms with Crippen molar-refractivity contribution in [3.8, 4) is 50.6 Å². The number of hydrogen-bond acceptors (Lipinski definition) is 12. The maximum atomic E-state index is 10.6. The molecule has 17 heteroatoms. The van der Waals surface area contributed by atoms with E-state index in [9.17, 15) is 43.1 Å². The zero-order valence-electron chi connectivity index (χ0n) is 27.3. The first-order valence-corrected chi connectivity index (χ1v) is 19.1. The summed E-state index contributed by atoms with van der Waals surface area (Å²) in [5.41, 5.74) is 4.07. The molecular weight excluding hydrogens is 1010 g/mol. The van der Waals surface area contributed by atoms with Crippen LogP contribution in [0.4, 0.5) is 0 Å². The van der Waals surface area contributed by atoms with Gasteiger partial charge in [0.2, 0.25) is 0 Å². The van der Waals surface area contributed by atoms with Gasteiger partial charge in [0.1, 0.15) is 40.7 Å². The Labute approximate surface area is 372 Å². The number of phosphoric acid groups is 3. The minimum absolute atomic E-state index is 0. The Morgan fingerprint density at radius 1 is 0.302 bits per heavy atom. The van der Waals surface area contributed by atoms with E-state index < -0.39 is 23.5 Å². The van der Waals surface area contributed by atoms with E-state index in [0.717, 1.165) is 16.7 Å². The van der Waals surface area contributed by atoms with Crippen molar-refractivity contribution in [1.29, 1.82) is 0 Å². The van der Waals surface area contributed by atoms with Crippen molar-refractivity contribution in [3.05, 3.63) is 164 Å². The Balaban J connectivity index is 0.000000270. The SMILES string of the molecule is O=P([O-])([O-])Oc1ccccc1-c1ccccc1.O=P([O-])([O-])Oc1ccccc1-c1ccccc1.O=P([O-])([O-])Oc1ccccc1-c1ccccc1.[Nd+3].[Nd+3]. The van der Waals surface area contributed by atoms with Gasteiger partial charge in [-0.3, -0.25) is 0 Å². The van der Waals surface area contributed by atoms with Crippen LogP contribution in [0, 0.1) is 81.7 Å². The maximum absolute atomic E-state index is 10.6. The molecule has 0 unspecified atom stereocenters. The van der Waals surface area contributed by atoms with Crippen molar-refractivity contribution < 1.29 is 138 Å². The van der Waals surface area contributed by atoms with Crippen LogP contribution in [0.2, 0.25) is 0 Å². The largest absolute Gasteiger partial charge is 3.00 e. The third kappa shape index (κ3) is 17.1. The predicted molar refractivity (Wildman–Crippen MR) is 180 cm³/mol. The summed E-state index contributed by atoms with van der Waals surface area (Å²) in [4.78, 5) is 63.8. The van der Waals surface area contributed by atoms with Crippen molar-refractivity contribution in [2.24, 2.45) is 0 Å². The fourth-order valence-corrected chi connectivity index (χ4v) is 5.77. The molecule has 0 spiro atoms. The molecule has 6 rings (SSSR count). The monoisotopic (exact) mass is 1030 g/mol. The molecule has 0 heterocycles. The van der Waals surface area contributed by atoms with Gasteiger partial charge in [0.25, 0.3) is 0 Å². The average Bonchev–Trinajstić information content (AvgIpc) is 3.09. The van der Waals surface area contributed by atoms with Crippen molar-refractivity contribution >= 4 is 23.5 Å². The van der Waals surface area contributed by atoms with Crippen LogP contribution < -0.4 is 42.9 Å². The Morgan fingerprint density at radius 3 is 0.698 bits per heavy atom. The number of para-hydroxylation sites is 3. The fraction of sp³-hybridized carbons (Fsp3) is 0. The quantitative estimate of drug-likeness (QED) is 0.180. The van der Waals surface area contributed by atoms with Gasteiger partial charge in [0, 0.05) is 16.7 Å². The van der Waals surface area contributed by atoms with E-state index >= 15 is 0 Å². The Morgan fingerprint density at radius 2 is 0.491 bits per heavy atom. The van der Waals surface area contributed by atoms with E-state index in [1.807, 2.05) is 91.0 Å². The van der Waals surface area contributed by atoms with Gasteiger partial charge in [-0.1, -0.05) is 146 Å². The molecule has 12 nitrogen and oxygen atoms in total. The van der Waals surface area contributed by atoms with E-state index in [0.29, 0.717) is 16.7 Å². The molecule has 0 saturated heterocycles. The molecule has 0 amide bonds. The second-order valence-corrected chi connectivity index (χ2v) is 13.4. The van der Waals surface area contributed by atoms with E-state index in [1.165, 1.54) is 18.2 Å². The van der Waals surface area contributed by atoms with Gasteiger partial charge in [-0.15, -0.1) is 0 Å². The molecular formula is C36H27Nd2O12P3. The fourth-order valence-electron chi connectivity index (χ4n) is 4.57. The van der Waals surface area contributed by atoms with Crippen molar-refractivity contribution in [2.45, 2.75) is 0 Å². The normalized spacial score (nSPS) is 10.8. The molecule has 6 aromatic carbocycles. The minimum Gasteiger partial charge on any atom is -0.780 e. The van der Waals surface area contributed by atoms with Crippen LogP contribution in [0.25, 0.3) is 33.4 Å². The number of rotatable bonds is 9. The molecule has 0 bridgehead atoms. The van der Waals surface area contributed by atoms with Crippen LogP contribution in [0.3, 0.4) is 0 Å². The van der Waals surface area contributed by atoms with Crippen LogP contribution in [-0.4, -0.2) is 0 Å². The van der Waals surface area contributed by atoms with E-state index in [-0.39, 0.29) is 98.9 Å². The number of hydrogen-bond donors (Lipinski definition) is 0. The van der Waals surface area contributed by atoms with Gasteiger partial charge in [-0.25, -0.2) is 0 Å². The zero-order valence-corrected chi connectivity index (χ0v) is 36.4. The van der Waals surface area contributed by atoms with Crippen LogP contribution in [0.15, 0.2) is 164 Å². The third-order valence-electron chi connectivity index (χ3n) is 6.55. The molecule has 0 N–H and O–H groups in total. The summed E-state index contributed by atoms with van der Waals surface area (Å²) in [5.74, 6) is 0.145. The predicted octanol–water partition coefficient (Wildman–Crippen LogP) is 4.68. The van der Waals surface area contributed by atoms with Crippen molar-refractivity contribution in [2.75, 3.05) is 0 Å². The topological polar surface area (TPSA) is 217 Å². The standard InChI is InChI=1S/3C12H11O4P.2Nd/c3*13-17(14,15)16-12-9-5-4-8-11(12)10-6-2-1-3-7-10;;/h3*1-9H,(H2,13,14,15);;/q;;;2*+3/p-6. The first-order chi connectivity index (χ1) is 24.2. The van der Waals surface area contributed by atoms with Crippen LogP contribution in [-0.2, 0) is 13.7 Å². The summed E-state index contributed by atoms with van der Waals surface area (Å²) in [6, 6.07) is 46.8. The summed E-state index contributed by atoms with van der Waals surface area (Å²) < 4.78 is 45.2. The van der Waals surface area contributed by atoms with Gasteiger partial charge in [-0.05, 0) is 34.9 Å². The second kappa shape index (κ2) is 22.4. The molecule has 53 heavy (non-hydrogen) atoms. The third-order valence-corrected chi connectivity index (χ3v) is 7.81. The molecule has 0 aromatic heterocycles. The van der Waals surface area contributed by atoms with Crippen LogP contribution in [0.1, 0.15) is 0 Å². The molecule has 0 saturated carbocycles. The number of phosphoric ester groups is 3. The van der Waals surface area contributed by atoms with Crippen molar-refractivity contribution in [1.82, 2.24) is 0 Å². The Hall–Kier alpha value is -2.13. The molecule has 0 aliphatic carbocycles. The van der Waals surface area contributed by atoms with Gasteiger partial charge in [0.15, 0.2) is 0 Å². The summed E-state index contributed by atoms with van der Waals surface area (Å²) >= 11 is 0. The molecule has 266 valence electrons. The number of benzene rings is 6. The van der Waals surface area contributed by atoms with Crippen LogP contribution in [0.5, 0.6) is 17.2 Å². The molecule has 0 fully saturated rings. The maximum Gasteiger partial charge on any atom is 3.00 e.